The van der Waals surface area contributed by atoms with Crippen LogP contribution >= 0.6 is 0 Å². The summed E-state index contributed by atoms with van der Waals surface area (Å²) in [5, 5.41) is 18.6. The first-order valence-corrected chi connectivity index (χ1v) is 6.54. The van der Waals surface area contributed by atoms with Gasteiger partial charge in [0, 0.05) is 12.4 Å². The molecular weight excluding hydrogens is 259 g/mol. The zero-order valence-electron chi connectivity index (χ0n) is 11.5. The molecule has 0 aromatic heterocycles. The molecule has 0 spiro atoms. The van der Waals surface area contributed by atoms with Crippen LogP contribution in [-0.4, -0.2) is 17.0 Å². The molecule has 0 rings (SSSR count). The summed E-state index contributed by atoms with van der Waals surface area (Å²) < 4.78 is 0. The van der Waals surface area contributed by atoms with Gasteiger partial charge in [-0.05, 0) is 19.3 Å². The second-order valence-electron chi connectivity index (χ2n) is 4.45. The molecule has 0 aliphatic rings. The second kappa shape index (κ2) is 15.6. The summed E-state index contributed by atoms with van der Waals surface area (Å²) in [6, 6.07) is 0. The van der Waals surface area contributed by atoms with Crippen molar-refractivity contribution in [2.24, 2.45) is 0 Å². The van der Waals surface area contributed by atoms with E-state index in [2.05, 4.69) is 0 Å². The van der Waals surface area contributed by atoms with E-state index >= 15 is 0 Å². The molecule has 0 radical (unpaired) electrons. The summed E-state index contributed by atoms with van der Waals surface area (Å²) in [4.78, 5) is 20.4. The summed E-state index contributed by atoms with van der Waals surface area (Å²) in [6.45, 7) is 0. The zero-order valence-corrected chi connectivity index (χ0v) is 14.6. The van der Waals surface area contributed by atoms with Gasteiger partial charge in [0.05, 0.1) is 0 Å². The monoisotopic (exact) mass is 282 g/mol. The molecule has 0 bridgehead atoms. The molecule has 0 aromatic rings. The summed E-state index contributed by atoms with van der Waals surface area (Å²) in [6.07, 6.45) is 9.57. The molecule has 0 aromatic carbocycles. The number of carboxylic acids is 2. The molecule has 0 unspecified atom stereocenters. The topological polar surface area (TPSA) is 77.4 Å². The molecule has 100 valence electrons. The molecule has 0 saturated heterocycles. The molecule has 0 fully saturated rings. The Morgan fingerprint density at radius 1 is 0.722 bits per heavy atom. The zero-order chi connectivity index (χ0) is 12.9. The Hall–Kier alpha value is 0.576. The number of unbranched alkanes of at least 4 members (excludes halogenated alkanes) is 8. The van der Waals surface area contributed by atoms with Gasteiger partial charge in [0.1, 0.15) is 0 Å². The van der Waals surface area contributed by atoms with Crippen molar-refractivity contribution in [2.45, 2.75) is 70.6 Å². The molecule has 0 atom stereocenters. The van der Waals surface area contributed by atoms with Crippen molar-refractivity contribution >= 4 is 11.9 Å². The van der Waals surface area contributed by atoms with E-state index in [1.807, 2.05) is 0 Å². The smallest absolute Gasteiger partial charge is 0.550 e. The van der Waals surface area contributed by atoms with Gasteiger partial charge in [0.15, 0.2) is 0 Å². The van der Waals surface area contributed by atoms with Crippen molar-refractivity contribution < 1.29 is 71.2 Å². The first-order valence-electron chi connectivity index (χ1n) is 6.54. The maximum atomic E-state index is 10.2. The predicted octanol–water partition coefficient (Wildman–Crippen LogP) is -0.884. The van der Waals surface area contributed by atoms with Crippen molar-refractivity contribution in [3.05, 3.63) is 0 Å². The minimum atomic E-state index is -0.955. The van der Waals surface area contributed by atoms with E-state index < -0.39 is 11.9 Å². The molecule has 0 heterocycles. The fourth-order valence-corrected chi connectivity index (χ4v) is 1.78. The number of hydrogen-bond acceptors (Lipinski definition) is 3. The van der Waals surface area contributed by atoms with E-state index in [-0.39, 0.29) is 64.2 Å². The maximum absolute atomic E-state index is 10.2. The van der Waals surface area contributed by atoms with Crippen molar-refractivity contribution in [1.29, 1.82) is 0 Å². The van der Waals surface area contributed by atoms with E-state index in [4.69, 9.17) is 5.11 Å². The van der Waals surface area contributed by atoms with Gasteiger partial charge in [-0.2, -0.15) is 0 Å². The summed E-state index contributed by atoms with van der Waals surface area (Å²) in [7, 11) is 0. The first kappa shape index (κ1) is 20.9. The molecule has 0 saturated carbocycles. The molecule has 0 amide bonds. The van der Waals surface area contributed by atoms with Gasteiger partial charge in [-0.1, -0.05) is 44.9 Å². The molecule has 1 N–H and O–H groups in total. The fraction of sp³-hybridized carbons (Fsp3) is 0.846. The largest absolute Gasteiger partial charge is 1.00 e. The van der Waals surface area contributed by atoms with Gasteiger partial charge in [-0.25, -0.2) is 0 Å². The number of aliphatic carboxylic acids is 2. The van der Waals surface area contributed by atoms with Gasteiger partial charge in [0.25, 0.3) is 0 Å². The van der Waals surface area contributed by atoms with Gasteiger partial charge in [-0.3, -0.25) is 4.79 Å². The van der Waals surface area contributed by atoms with Crippen LogP contribution in [0.2, 0.25) is 0 Å². The van der Waals surface area contributed by atoms with Crippen LogP contribution in [0.25, 0.3) is 0 Å². The third kappa shape index (κ3) is 18.9. The Labute approximate surface area is 152 Å². The SMILES string of the molecule is O=C([O-])CCCCCCCCCCCC(=O)O.[K+]. The average Bonchev–Trinajstić information content (AvgIpc) is 2.25. The molecule has 0 aliphatic heterocycles. The summed E-state index contributed by atoms with van der Waals surface area (Å²) in [5.74, 6) is -1.67. The van der Waals surface area contributed by atoms with Gasteiger partial charge < -0.3 is 15.0 Å². The minimum absolute atomic E-state index is 0. The van der Waals surface area contributed by atoms with Crippen LogP contribution in [-0.2, 0) is 9.59 Å². The van der Waals surface area contributed by atoms with Gasteiger partial charge in [0.2, 0.25) is 0 Å². The van der Waals surface area contributed by atoms with Crippen LogP contribution in [0.3, 0.4) is 0 Å². The average molecular weight is 282 g/mol. The van der Waals surface area contributed by atoms with Crippen molar-refractivity contribution in [3.8, 4) is 0 Å². The van der Waals surface area contributed by atoms with Crippen LogP contribution in [0.5, 0.6) is 0 Å². The molecule has 4 nitrogen and oxygen atoms in total. The predicted molar refractivity (Wildman–Crippen MR) is 63.4 cm³/mol. The first-order chi connectivity index (χ1) is 8.13. The van der Waals surface area contributed by atoms with E-state index in [9.17, 15) is 14.7 Å². The minimum Gasteiger partial charge on any atom is -0.550 e. The van der Waals surface area contributed by atoms with Crippen LogP contribution < -0.4 is 56.5 Å². The number of carbonyl (C=O) groups excluding carboxylic acids is 1. The molecular formula is C13H23KO4. The molecule has 18 heavy (non-hydrogen) atoms. The van der Waals surface area contributed by atoms with Gasteiger partial charge >= 0.3 is 57.4 Å². The van der Waals surface area contributed by atoms with Crippen LogP contribution in [0.15, 0.2) is 0 Å². The fourth-order valence-electron chi connectivity index (χ4n) is 1.78. The number of rotatable bonds is 12. The van der Waals surface area contributed by atoms with E-state index in [1.54, 1.807) is 0 Å². The number of carbonyl (C=O) groups is 2. The Kier molecular flexibility index (Phi) is 18.1. The molecule has 5 heteroatoms. The normalized spacial score (nSPS) is 9.78. The summed E-state index contributed by atoms with van der Waals surface area (Å²) in [5.41, 5.74) is 0. The Morgan fingerprint density at radius 3 is 1.39 bits per heavy atom. The summed E-state index contributed by atoms with van der Waals surface area (Å²) >= 11 is 0. The van der Waals surface area contributed by atoms with Crippen molar-refractivity contribution in [2.75, 3.05) is 0 Å². The standard InChI is InChI=1S/C13H24O4.K/c14-12(15)10-8-6-4-2-1-3-5-7-9-11-13(16)17;/h1-11H2,(H,14,15)(H,16,17);/q;+1/p-1. The second-order valence-corrected chi connectivity index (χ2v) is 4.45. The van der Waals surface area contributed by atoms with Crippen LogP contribution in [0, 0.1) is 0 Å². The van der Waals surface area contributed by atoms with E-state index in [0.717, 1.165) is 51.4 Å². The Bertz CT molecular complexity index is 197. The van der Waals surface area contributed by atoms with Gasteiger partial charge in [-0.15, -0.1) is 0 Å². The quantitative estimate of drug-likeness (QED) is 0.372. The molecule has 0 aliphatic carbocycles. The third-order valence-corrected chi connectivity index (χ3v) is 2.77. The third-order valence-electron chi connectivity index (χ3n) is 2.77. The van der Waals surface area contributed by atoms with E-state index in [1.165, 1.54) is 6.42 Å². The Balaban J connectivity index is 0. The number of carboxylic acid groups (broad SMARTS) is 2. The van der Waals surface area contributed by atoms with Crippen LogP contribution in [0.4, 0.5) is 0 Å². The van der Waals surface area contributed by atoms with Crippen molar-refractivity contribution in [1.82, 2.24) is 0 Å². The Morgan fingerprint density at radius 2 is 1.06 bits per heavy atom. The van der Waals surface area contributed by atoms with Crippen molar-refractivity contribution in [3.63, 3.8) is 0 Å². The van der Waals surface area contributed by atoms with Crippen LogP contribution in [0.1, 0.15) is 70.6 Å². The van der Waals surface area contributed by atoms with E-state index in [0.29, 0.717) is 0 Å². The maximum Gasteiger partial charge on any atom is 1.00 e. The number of hydrogen-bond donors (Lipinski definition) is 1.